The number of hydrogen-bond acceptors (Lipinski definition) is 3. The normalized spacial score (nSPS) is 25.1. The van der Waals surface area contributed by atoms with Gasteiger partial charge in [-0.15, -0.1) is 0 Å². The van der Waals surface area contributed by atoms with Gasteiger partial charge in [-0.3, -0.25) is 4.79 Å². The first-order valence-corrected chi connectivity index (χ1v) is 16.5. The number of Topliss-reactive ketones (excluding diaryl/α,β-unsaturated/α-hetero) is 1. The Morgan fingerprint density at radius 3 is 1.97 bits per heavy atom. The monoisotopic (exact) mass is 532 g/mol. The predicted octanol–water partition coefficient (Wildman–Crippen LogP) is 6.83. The minimum atomic E-state index is -2.60. The number of rotatable bonds is 9. The van der Waals surface area contributed by atoms with E-state index in [1.54, 1.807) is 0 Å². The fourth-order valence-electron chi connectivity index (χ4n) is 7.13. The average Bonchev–Trinajstić information content (AvgIpc) is 3.25. The maximum Gasteiger partial charge on any atom is 0.261 e. The number of aliphatic hydroxyl groups is 1. The number of fused-ring (bicyclic) bond motifs is 1. The molecule has 0 aromatic heterocycles. The maximum atomic E-state index is 13.9. The summed E-state index contributed by atoms with van der Waals surface area (Å²) >= 11 is 0. The summed E-state index contributed by atoms with van der Waals surface area (Å²) in [6.07, 6.45) is 4.46. The van der Waals surface area contributed by atoms with Gasteiger partial charge in [-0.25, -0.2) is 0 Å². The van der Waals surface area contributed by atoms with Crippen LogP contribution in [0.5, 0.6) is 0 Å². The molecule has 0 saturated heterocycles. The second-order valence-corrected chi connectivity index (χ2v) is 17.8. The van der Waals surface area contributed by atoms with Crippen molar-refractivity contribution in [1.29, 1.82) is 0 Å². The highest BCUT2D eigenvalue weighted by Crippen LogP contribution is 2.56. The summed E-state index contributed by atoms with van der Waals surface area (Å²) in [5.41, 5.74) is 1.65. The zero-order chi connectivity index (χ0) is 27.8. The molecule has 0 amide bonds. The Labute approximate surface area is 231 Å². The van der Waals surface area contributed by atoms with Crippen LogP contribution in [-0.4, -0.2) is 31.9 Å². The van der Waals surface area contributed by atoms with Crippen LogP contribution in [0, 0.1) is 16.7 Å². The second-order valence-electron chi connectivity index (χ2n) is 13.5. The minimum absolute atomic E-state index is 0.0116. The number of ketones is 1. The van der Waals surface area contributed by atoms with Crippen LogP contribution in [0.15, 0.2) is 71.8 Å². The third kappa shape index (κ3) is 5.00. The third-order valence-electron chi connectivity index (χ3n) is 9.60. The van der Waals surface area contributed by atoms with E-state index in [1.165, 1.54) is 15.9 Å². The smallest absolute Gasteiger partial charge is 0.261 e. The van der Waals surface area contributed by atoms with E-state index < -0.39 is 19.8 Å². The van der Waals surface area contributed by atoms with Gasteiger partial charge in [0.05, 0.1) is 11.5 Å². The molecule has 3 nitrogen and oxygen atoms in total. The SMILES string of the molecule is CC(C)C1=C2C(=O)[C@](C)([C@@H](O)CCCO[Si](c3ccccc3)(c3ccccc3)C(C)(C)C)CC[C@@]2(C)CC1. The van der Waals surface area contributed by atoms with Gasteiger partial charge in [0.1, 0.15) is 0 Å². The lowest BCUT2D eigenvalue weighted by Gasteiger charge is -2.45. The molecule has 0 spiro atoms. The molecule has 2 aliphatic carbocycles. The molecule has 0 aliphatic heterocycles. The third-order valence-corrected chi connectivity index (χ3v) is 14.6. The Hall–Kier alpha value is -2.01. The van der Waals surface area contributed by atoms with Crippen molar-refractivity contribution in [2.45, 2.75) is 98.1 Å². The molecule has 38 heavy (non-hydrogen) atoms. The molecule has 2 aromatic carbocycles. The first-order valence-electron chi connectivity index (χ1n) is 14.6. The van der Waals surface area contributed by atoms with E-state index in [0.29, 0.717) is 18.9 Å². The molecule has 206 valence electrons. The highest BCUT2D eigenvalue weighted by molar-refractivity contribution is 6.99. The molecule has 0 heterocycles. The van der Waals surface area contributed by atoms with Crippen molar-refractivity contribution in [3.05, 3.63) is 71.8 Å². The molecule has 4 heteroatoms. The van der Waals surface area contributed by atoms with Gasteiger partial charge in [0.15, 0.2) is 5.78 Å². The Bertz CT molecular complexity index is 1110. The molecule has 1 N–H and O–H groups in total. The summed E-state index contributed by atoms with van der Waals surface area (Å²) in [4.78, 5) is 13.9. The summed E-state index contributed by atoms with van der Waals surface area (Å²) in [6.45, 7) is 16.1. The van der Waals surface area contributed by atoms with Crippen LogP contribution < -0.4 is 10.4 Å². The van der Waals surface area contributed by atoms with Gasteiger partial charge in [-0.2, -0.15) is 0 Å². The minimum Gasteiger partial charge on any atom is -0.407 e. The molecule has 3 atom stereocenters. The average molecular weight is 533 g/mol. The van der Waals surface area contributed by atoms with E-state index >= 15 is 0 Å². The maximum absolute atomic E-state index is 13.9. The van der Waals surface area contributed by atoms with E-state index in [9.17, 15) is 9.90 Å². The van der Waals surface area contributed by atoms with Gasteiger partial charge in [0, 0.05) is 12.2 Å². The van der Waals surface area contributed by atoms with Crippen molar-refractivity contribution in [2.75, 3.05) is 6.61 Å². The van der Waals surface area contributed by atoms with Crippen LogP contribution in [0.4, 0.5) is 0 Å². The highest BCUT2D eigenvalue weighted by Gasteiger charge is 2.54. The Balaban J connectivity index is 1.53. The van der Waals surface area contributed by atoms with Crippen LogP contribution in [0.25, 0.3) is 0 Å². The van der Waals surface area contributed by atoms with Crippen molar-refractivity contribution < 1.29 is 14.3 Å². The van der Waals surface area contributed by atoms with E-state index in [4.69, 9.17) is 4.43 Å². The van der Waals surface area contributed by atoms with E-state index in [2.05, 4.69) is 102 Å². The molecule has 2 aromatic rings. The number of carbonyl (C=O) groups is 1. The second kappa shape index (κ2) is 10.9. The lowest BCUT2D eigenvalue weighted by molar-refractivity contribution is -0.136. The topological polar surface area (TPSA) is 46.5 Å². The van der Waals surface area contributed by atoms with Crippen LogP contribution in [0.2, 0.25) is 5.04 Å². The van der Waals surface area contributed by atoms with Gasteiger partial charge in [0.25, 0.3) is 8.32 Å². The van der Waals surface area contributed by atoms with Crippen molar-refractivity contribution in [3.8, 4) is 0 Å². The fourth-order valence-corrected chi connectivity index (χ4v) is 11.7. The summed E-state index contributed by atoms with van der Waals surface area (Å²) < 4.78 is 7.03. The Kier molecular flexibility index (Phi) is 8.29. The number of aliphatic hydroxyl groups excluding tert-OH is 1. The first-order chi connectivity index (χ1) is 17.9. The highest BCUT2D eigenvalue weighted by atomic mass is 28.4. The number of benzene rings is 2. The molecule has 4 rings (SSSR count). The van der Waals surface area contributed by atoms with Gasteiger partial charge >= 0.3 is 0 Å². The summed E-state index contributed by atoms with van der Waals surface area (Å²) in [6, 6.07) is 21.4. The Morgan fingerprint density at radius 2 is 1.47 bits per heavy atom. The number of allylic oxidation sites excluding steroid dienone is 2. The number of carbonyl (C=O) groups excluding carboxylic acids is 1. The molecule has 2 aliphatic rings. The zero-order valence-corrected chi connectivity index (χ0v) is 25.6. The van der Waals surface area contributed by atoms with Crippen LogP contribution in [-0.2, 0) is 9.22 Å². The van der Waals surface area contributed by atoms with Gasteiger partial charge in [-0.05, 0) is 72.2 Å². The van der Waals surface area contributed by atoms with Crippen LogP contribution >= 0.6 is 0 Å². The van der Waals surface area contributed by atoms with E-state index in [0.717, 1.165) is 37.7 Å². The lowest BCUT2D eigenvalue weighted by atomic mass is 9.59. The fraction of sp³-hybridized carbons (Fsp3) is 0.559. The van der Waals surface area contributed by atoms with Crippen molar-refractivity contribution in [2.24, 2.45) is 16.7 Å². The Morgan fingerprint density at radius 1 is 0.921 bits per heavy atom. The van der Waals surface area contributed by atoms with Gasteiger partial charge < -0.3 is 9.53 Å². The molecule has 0 unspecified atom stereocenters. The quantitative estimate of drug-likeness (QED) is 0.285. The van der Waals surface area contributed by atoms with Crippen molar-refractivity contribution in [1.82, 2.24) is 0 Å². The largest absolute Gasteiger partial charge is 0.407 e. The van der Waals surface area contributed by atoms with Gasteiger partial charge in [0.2, 0.25) is 0 Å². The van der Waals surface area contributed by atoms with Crippen molar-refractivity contribution >= 4 is 24.5 Å². The summed E-state index contributed by atoms with van der Waals surface area (Å²) in [7, 11) is -2.60. The molecule has 1 fully saturated rings. The molecular weight excluding hydrogens is 484 g/mol. The molecular formula is C34H48O3Si. The lowest BCUT2D eigenvalue weighted by Crippen LogP contribution is -2.66. The molecule has 0 bridgehead atoms. The first kappa shape index (κ1) is 29.0. The molecule has 1 saturated carbocycles. The van der Waals surface area contributed by atoms with Crippen LogP contribution in [0.1, 0.15) is 87.0 Å². The predicted molar refractivity (Wildman–Crippen MR) is 160 cm³/mol. The molecule has 0 radical (unpaired) electrons. The van der Waals surface area contributed by atoms with E-state index in [1.807, 2.05) is 6.92 Å². The summed E-state index contributed by atoms with van der Waals surface area (Å²) in [5, 5.41) is 13.9. The number of hydrogen-bond donors (Lipinski definition) is 1. The zero-order valence-electron chi connectivity index (χ0n) is 24.6. The van der Waals surface area contributed by atoms with Gasteiger partial charge in [-0.1, -0.05) is 108 Å². The van der Waals surface area contributed by atoms with Crippen LogP contribution in [0.3, 0.4) is 0 Å². The summed E-state index contributed by atoms with van der Waals surface area (Å²) in [5.74, 6) is 0.586. The van der Waals surface area contributed by atoms with E-state index in [-0.39, 0.29) is 16.2 Å². The standard InChI is InChI=1S/C34H48O3Si/c1-25(2)28-20-21-33(6)22-23-34(7,31(36)30(28)33)29(35)19-14-24-37-38(32(3,4)5,26-15-10-8-11-16-26)27-17-12-9-13-18-27/h8-13,15-18,25,29,35H,14,19-24H2,1-7H3/t29-,33+,34-/m0/s1. The van der Waals surface area contributed by atoms with Crippen molar-refractivity contribution in [3.63, 3.8) is 0 Å².